The molecule has 2 saturated heterocycles. The topological polar surface area (TPSA) is 50.8 Å². The lowest BCUT2D eigenvalue weighted by Crippen LogP contribution is -2.42. The molecule has 0 aromatic carbocycles. The van der Waals surface area contributed by atoms with Crippen LogP contribution in [0, 0.1) is 0 Å². The summed E-state index contributed by atoms with van der Waals surface area (Å²) in [4.78, 5) is 13.7. The number of nitrogens with one attached hydrogen (secondary N) is 1. The lowest BCUT2D eigenvalue weighted by Gasteiger charge is -2.27. The van der Waals surface area contributed by atoms with E-state index in [1.807, 2.05) is 4.90 Å². The molecular formula is C13H24N2O3. The Morgan fingerprint density at radius 3 is 2.78 bits per heavy atom. The lowest BCUT2D eigenvalue weighted by atomic mass is 10.1. The van der Waals surface area contributed by atoms with E-state index in [2.05, 4.69) is 5.32 Å². The van der Waals surface area contributed by atoms with Crippen molar-refractivity contribution >= 4 is 5.91 Å². The average Bonchev–Trinajstić information content (AvgIpc) is 2.45. The van der Waals surface area contributed by atoms with E-state index in [4.69, 9.17) is 9.47 Å². The van der Waals surface area contributed by atoms with Crippen molar-refractivity contribution in [3.8, 4) is 0 Å². The highest BCUT2D eigenvalue weighted by molar-refractivity contribution is 5.76. The zero-order valence-corrected chi connectivity index (χ0v) is 11.0. The minimum atomic E-state index is 0.232. The third-order valence-corrected chi connectivity index (χ3v) is 3.53. The van der Waals surface area contributed by atoms with E-state index in [0.717, 1.165) is 39.2 Å². The molecule has 0 aliphatic carbocycles. The summed E-state index contributed by atoms with van der Waals surface area (Å²) in [5.41, 5.74) is 0. The largest absolute Gasteiger partial charge is 0.378 e. The summed E-state index contributed by atoms with van der Waals surface area (Å²) in [5.74, 6) is 0.232. The Bertz CT molecular complexity index is 249. The summed E-state index contributed by atoms with van der Waals surface area (Å²) in [6, 6.07) is 0. The molecule has 1 atom stereocenters. The molecule has 0 spiro atoms. The predicted octanol–water partition coefficient (Wildman–Crippen LogP) is 0.394. The minimum absolute atomic E-state index is 0.232. The first-order valence-electron chi connectivity index (χ1n) is 7.04. The van der Waals surface area contributed by atoms with Gasteiger partial charge in [-0.15, -0.1) is 0 Å². The van der Waals surface area contributed by atoms with Crippen molar-refractivity contribution < 1.29 is 14.3 Å². The molecule has 0 bridgehead atoms. The van der Waals surface area contributed by atoms with Gasteiger partial charge in [0.1, 0.15) is 0 Å². The van der Waals surface area contributed by atoms with Gasteiger partial charge in [0.05, 0.1) is 19.3 Å². The molecule has 1 N–H and O–H groups in total. The number of rotatable bonds is 5. The molecule has 2 rings (SSSR count). The molecule has 0 aromatic heterocycles. The fourth-order valence-electron chi connectivity index (χ4n) is 2.40. The van der Waals surface area contributed by atoms with Gasteiger partial charge in [0.2, 0.25) is 5.91 Å². The minimum Gasteiger partial charge on any atom is -0.378 e. The fraction of sp³-hybridized carbons (Fsp3) is 0.923. The normalized spacial score (nSPS) is 25.1. The summed E-state index contributed by atoms with van der Waals surface area (Å²) < 4.78 is 10.9. The number of nitrogens with zero attached hydrogens (tertiary/aromatic N) is 1. The van der Waals surface area contributed by atoms with Gasteiger partial charge in [-0.3, -0.25) is 4.79 Å². The maximum atomic E-state index is 11.8. The Balaban J connectivity index is 1.52. The fourth-order valence-corrected chi connectivity index (χ4v) is 2.40. The number of carbonyl (C=O) groups excluding carboxylic acids is 1. The number of hydrogen-bond acceptors (Lipinski definition) is 4. The molecule has 0 radical (unpaired) electrons. The molecular weight excluding hydrogens is 232 g/mol. The first-order valence-corrected chi connectivity index (χ1v) is 7.04. The second kappa shape index (κ2) is 7.71. The molecule has 1 amide bonds. The number of hydrogen-bond donors (Lipinski definition) is 1. The second-order valence-corrected chi connectivity index (χ2v) is 4.94. The highest BCUT2D eigenvalue weighted by Crippen LogP contribution is 2.11. The molecule has 2 fully saturated rings. The van der Waals surface area contributed by atoms with Crippen LogP contribution in [-0.4, -0.2) is 62.9 Å². The summed E-state index contributed by atoms with van der Waals surface area (Å²) in [5, 5.41) is 3.32. The first-order chi connectivity index (χ1) is 8.86. The van der Waals surface area contributed by atoms with Gasteiger partial charge in [-0.2, -0.15) is 0 Å². The zero-order chi connectivity index (χ0) is 12.6. The first kappa shape index (κ1) is 13.8. The van der Waals surface area contributed by atoms with Crippen LogP contribution in [0.2, 0.25) is 0 Å². The van der Waals surface area contributed by atoms with Gasteiger partial charge >= 0.3 is 0 Å². The van der Waals surface area contributed by atoms with Crippen molar-refractivity contribution in [1.29, 1.82) is 0 Å². The summed E-state index contributed by atoms with van der Waals surface area (Å²) >= 11 is 0. The maximum Gasteiger partial charge on any atom is 0.224 e. The van der Waals surface area contributed by atoms with Gasteiger partial charge in [-0.25, -0.2) is 0 Å². The van der Waals surface area contributed by atoms with E-state index in [1.165, 1.54) is 12.8 Å². The van der Waals surface area contributed by atoms with E-state index in [1.54, 1.807) is 0 Å². The van der Waals surface area contributed by atoms with Crippen LogP contribution in [-0.2, 0) is 14.3 Å². The van der Waals surface area contributed by atoms with E-state index in [9.17, 15) is 4.79 Å². The molecule has 5 heteroatoms. The van der Waals surface area contributed by atoms with Crippen LogP contribution in [0.4, 0.5) is 0 Å². The van der Waals surface area contributed by atoms with Gasteiger partial charge in [-0.05, 0) is 19.3 Å². The number of ether oxygens (including phenoxy) is 2. The van der Waals surface area contributed by atoms with Crippen LogP contribution in [0.3, 0.4) is 0 Å². The molecule has 2 aliphatic heterocycles. The smallest absolute Gasteiger partial charge is 0.224 e. The summed E-state index contributed by atoms with van der Waals surface area (Å²) in [6.07, 6.45) is 4.51. The Morgan fingerprint density at radius 2 is 2.06 bits per heavy atom. The third kappa shape index (κ3) is 4.55. The van der Waals surface area contributed by atoms with Gasteiger partial charge in [-0.1, -0.05) is 0 Å². The highest BCUT2D eigenvalue weighted by atomic mass is 16.5. The second-order valence-electron chi connectivity index (χ2n) is 4.94. The number of carbonyl (C=O) groups is 1. The Kier molecular flexibility index (Phi) is 5.90. The Hall–Kier alpha value is -0.650. The van der Waals surface area contributed by atoms with Gasteiger partial charge in [0.25, 0.3) is 0 Å². The van der Waals surface area contributed by atoms with Crippen molar-refractivity contribution in [3.05, 3.63) is 0 Å². The van der Waals surface area contributed by atoms with E-state index >= 15 is 0 Å². The van der Waals surface area contributed by atoms with Gasteiger partial charge in [0, 0.05) is 39.2 Å². The molecule has 1 unspecified atom stereocenters. The number of morpholine rings is 1. The molecule has 0 saturated carbocycles. The van der Waals surface area contributed by atoms with Crippen molar-refractivity contribution in [2.24, 2.45) is 0 Å². The predicted molar refractivity (Wildman–Crippen MR) is 68.5 cm³/mol. The van der Waals surface area contributed by atoms with Crippen molar-refractivity contribution in [3.63, 3.8) is 0 Å². The van der Waals surface area contributed by atoms with Crippen LogP contribution < -0.4 is 5.32 Å². The molecule has 2 aliphatic rings. The summed E-state index contributed by atoms with van der Waals surface area (Å²) in [6.45, 7) is 5.34. The quantitative estimate of drug-likeness (QED) is 0.723. The van der Waals surface area contributed by atoms with E-state index in [-0.39, 0.29) is 5.91 Å². The molecule has 18 heavy (non-hydrogen) atoms. The van der Waals surface area contributed by atoms with Crippen LogP contribution in [0.5, 0.6) is 0 Å². The van der Waals surface area contributed by atoms with Crippen LogP contribution in [0.1, 0.15) is 25.7 Å². The Morgan fingerprint density at radius 1 is 1.22 bits per heavy atom. The van der Waals surface area contributed by atoms with E-state index in [0.29, 0.717) is 25.7 Å². The van der Waals surface area contributed by atoms with Crippen LogP contribution in [0.25, 0.3) is 0 Å². The van der Waals surface area contributed by atoms with Crippen molar-refractivity contribution in [2.75, 3.05) is 46.0 Å². The SMILES string of the molecule is O=C(CCNCC1CCCCO1)N1CCOCC1. The monoisotopic (exact) mass is 256 g/mol. The highest BCUT2D eigenvalue weighted by Gasteiger charge is 2.17. The molecule has 0 aromatic rings. The van der Waals surface area contributed by atoms with Crippen LogP contribution >= 0.6 is 0 Å². The Labute approximate surface area is 109 Å². The van der Waals surface area contributed by atoms with E-state index < -0.39 is 0 Å². The summed E-state index contributed by atoms with van der Waals surface area (Å²) in [7, 11) is 0. The lowest BCUT2D eigenvalue weighted by molar-refractivity contribution is -0.135. The molecule has 5 nitrogen and oxygen atoms in total. The third-order valence-electron chi connectivity index (χ3n) is 3.53. The molecule has 104 valence electrons. The van der Waals surface area contributed by atoms with Gasteiger partial charge in [0.15, 0.2) is 0 Å². The maximum absolute atomic E-state index is 11.8. The zero-order valence-electron chi connectivity index (χ0n) is 11.0. The van der Waals surface area contributed by atoms with Gasteiger partial charge < -0.3 is 19.7 Å². The average molecular weight is 256 g/mol. The standard InChI is InChI=1S/C13H24N2O3/c16-13(15-6-9-17-10-7-15)4-5-14-11-12-3-1-2-8-18-12/h12,14H,1-11H2. The van der Waals surface area contributed by atoms with Crippen LogP contribution in [0.15, 0.2) is 0 Å². The van der Waals surface area contributed by atoms with Crippen molar-refractivity contribution in [2.45, 2.75) is 31.8 Å². The molecule has 2 heterocycles. The van der Waals surface area contributed by atoms with Crippen molar-refractivity contribution in [1.82, 2.24) is 10.2 Å². The number of amides is 1.